The molecule has 0 spiro atoms. The number of hydrogen-bond donors (Lipinski definition) is 0. The lowest BCUT2D eigenvalue weighted by Gasteiger charge is -1.69. The molecule has 0 nitrogen and oxygen atoms in total. The minimum atomic E-state index is 1.38. The van der Waals surface area contributed by atoms with Gasteiger partial charge in [-0.15, -0.1) is 11.3 Å². The molecule has 0 aliphatic carbocycles. The van der Waals surface area contributed by atoms with E-state index < -0.39 is 0 Å². The van der Waals surface area contributed by atoms with Crippen molar-refractivity contribution in [3.05, 3.63) is 58.8 Å². The van der Waals surface area contributed by atoms with Crippen LogP contribution in [0.4, 0.5) is 0 Å². The molecule has 0 unspecified atom stereocenters. The molecular weight excluding hydrogens is 164 g/mol. The van der Waals surface area contributed by atoms with Crippen LogP contribution in [-0.2, 0) is 0 Å². The lowest BCUT2D eigenvalue weighted by molar-refractivity contribution is 1.64. The summed E-state index contributed by atoms with van der Waals surface area (Å²) in [7, 11) is 0. The van der Waals surface area contributed by atoms with E-state index in [1.54, 1.807) is 11.3 Å². The van der Waals surface area contributed by atoms with Gasteiger partial charge in [0.25, 0.3) is 0 Å². The summed E-state index contributed by atoms with van der Waals surface area (Å²) in [6.45, 7) is 2.10. The van der Waals surface area contributed by atoms with Gasteiger partial charge in [-0.1, -0.05) is 42.5 Å². The van der Waals surface area contributed by atoms with Crippen LogP contribution in [0.5, 0.6) is 0 Å². The van der Waals surface area contributed by atoms with Gasteiger partial charge in [0, 0.05) is 4.88 Å². The predicted molar refractivity (Wildman–Crippen MR) is 55.5 cm³/mol. The fraction of sp³-hybridized carbons (Fsp3) is 0.0909. The lowest BCUT2D eigenvalue weighted by Crippen LogP contribution is -1.47. The number of aryl methyl sites for hydroxylation is 1. The summed E-state index contributed by atoms with van der Waals surface area (Å²) in [5, 5.41) is 2.08. The molecule has 0 bridgehead atoms. The van der Waals surface area contributed by atoms with Gasteiger partial charge < -0.3 is 0 Å². The Morgan fingerprint density at radius 2 is 1.33 bits per heavy atom. The van der Waals surface area contributed by atoms with Crippen LogP contribution in [0.15, 0.2) is 53.9 Å². The second-order valence-electron chi connectivity index (χ2n) is 2.38. The summed E-state index contributed by atoms with van der Waals surface area (Å²) in [5.74, 6) is 0. The highest BCUT2D eigenvalue weighted by atomic mass is 32.1. The van der Waals surface area contributed by atoms with Gasteiger partial charge in [-0.25, -0.2) is 0 Å². The first-order valence-electron chi connectivity index (χ1n) is 3.90. The number of hydrogen-bond acceptors (Lipinski definition) is 1. The van der Waals surface area contributed by atoms with E-state index in [1.807, 2.05) is 36.4 Å². The minimum Gasteiger partial charge on any atom is -0.149 e. The largest absolute Gasteiger partial charge is 0.149 e. The highest BCUT2D eigenvalue weighted by Gasteiger charge is 1.74. The Bertz CT molecular complexity index is 244. The summed E-state index contributed by atoms with van der Waals surface area (Å²) in [6.07, 6.45) is 0. The first-order chi connectivity index (χ1) is 5.89. The summed E-state index contributed by atoms with van der Waals surface area (Å²) in [5.41, 5.74) is 0. The van der Waals surface area contributed by atoms with Gasteiger partial charge in [-0.2, -0.15) is 0 Å². The summed E-state index contributed by atoms with van der Waals surface area (Å²) >= 11 is 1.78. The second-order valence-corrected chi connectivity index (χ2v) is 3.53. The monoisotopic (exact) mass is 176 g/mol. The molecule has 0 radical (unpaired) electrons. The first-order valence-corrected chi connectivity index (χ1v) is 4.77. The maximum absolute atomic E-state index is 2.10. The Morgan fingerprint density at radius 3 is 1.50 bits per heavy atom. The van der Waals surface area contributed by atoms with Gasteiger partial charge in [-0.3, -0.25) is 0 Å². The fourth-order valence-corrected chi connectivity index (χ4v) is 1.27. The second kappa shape index (κ2) is 5.56. The van der Waals surface area contributed by atoms with Crippen molar-refractivity contribution in [3.63, 3.8) is 0 Å². The third-order valence-electron chi connectivity index (χ3n) is 1.33. The third kappa shape index (κ3) is 3.94. The summed E-state index contributed by atoms with van der Waals surface area (Å²) in [4.78, 5) is 1.38. The van der Waals surface area contributed by atoms with Crippen LogP contribution in [0.3, 0.4) is 0 Å². The topological polar surface area (TPSA) is 0 Å². The Balaban J connectivity index is 0.000000120. The van der Waals surface area contributed by atoms with Crippen molar-refractivity contribution in [2.75, 3.05) is 0 Å². The molecule has 0 saturated heterocycles. The molecule has 0 aliphatic rings. The predicted octanol–water partition coefficient (Wildman–Crippen LogP) is 3.74. The molecule has 1 heterocycles. The zero-order valence-corrected chi connectivity index (χ0v) is 7.92. The van der Waals surface area contributed by atoms with E-state index in [2.05, 4.69) is 24.4 Å². The molecule has 12 heavy (non-hydrogen) atoms. The van der Waals surface area contributed by atoms with E-state index in [0.29, 0.717) is 0 Å². The average molecular weight is 176 g/mol. The van der Waals surface area contributed by atoms with Crippen molar-refractivity contribution in [1.82, 2.24) is 0 Å². The van der Waals surface area contributed by atoms with Crippen molar-refractivity contribution >= 4 is 11.3 Å². The first kappa shape index (κ1) is 9.01. The Morgan fingerprint density at radius 1 is 0.833 bits per heavy atom. The minimum absolute atomic E-state index is 1.38. The van der Waals surface area contributed by atoms with Crippen molar-refractivity contribution in [1.29, 1.82) is 0 Å². The van der Waals surface area contributed by atoms with Gasteiger partial charge >= 0.3 is 0 Å². The molecule has 1 aromatic carbocycles. The molecule has 2 rings (SSSR count). The highest BCUT2D eigenvalue weighted by molar-refractivity contribution is 7.09. The standard InChI is InChI=1S/C6H6.C5H6S/c1-2-4-6-5-3-1;1-5-3-2-4-6-5/h1-6H;2-4H,1H3. The summed E-state index contributed by atoms with van der Waals surface area (Å²) in [6, 6.07) is 16.2. The molecule has 0 fully saturated rings. The van der Waals surface area contributed by atoms with Crippen molar-refractivity contribution in [2.24, 2.45) is 0 Å². The van der Waals surface area contributed by atoms with Crippen LogP contribution in [0.25, 0.3) is 0 Å². The van der Waals surface area contributed by atoms with Crippen LogP contribution >= 0.6 is 11.3 Å². The van der Waals surface area contributed by atoms with Crippen LogP contribution in [0.2, 0.25) is 0 Å². The molecule has 1 heteroatoms. The smallest absolute Gasteiger partial charge is 0.00141 e. The highest BCUT2D eigenvalue weighted by Crippen LogP contribution is 2.03. The van der Waals surface area contributed by atoms with Crippen molar-refractivity contribution in [3.8, 4) is 0 Å². The SMILES string of the molecule is Cc1cccs1.c1ccccc1. The normalized spacial score (nSPS) is 8.42. The Hall–Kier alpha value is -1.08. The third-order valence-corrected chi connectivity index (χ3v) is 2.13. The van der Waals surface area contributed by atoms with Crippen LogP contribution in [0, 0.1) is 6.92 Å². The Kier molecular flexibility index (Phi) is 4.17. The number of rotatable bonds is 0. The molecular formula is C11H12S. The molecule has 0 saturated carbocycles. The zero-order valence-electron chi connectivity index (χ0n) is 7.10. The molecule has 1 aromatic heterocycles. The number of benzene rings is 1. The molecule has 2 aromatic rings. The van der Waals surface area contributed by atoms with Crippen molar-refractivity contribution < 1.29 is 0 Å². The van der Waals surface area contributed by atoms with Gasteiger partial charge in [0.05, 0.1) is 0 Å². The lowest BCUT2D eigenvalue weighted by atomic mass is 10.4. The van der Waals surface area contributed by atoms with E-state index in [9.17, 15) is 0 Å². The maximum Gasteiger partial charge on any atom is 0.00141 e. The van der Waals surface area contributed by atoms with E-state index in [-0.39, 0.29) is 0 Å². The van der Waals surface area contributed by atoms with Crippen molar-refractivity contribution in [2.45, 2.75) is 6.92 Å². The number of thiophene rings is 1. The van der Waals surface area contributed by atoms with E-state index in [4.69, 9.17) is 0 Å². The van der Waals surface area contributed by atoms with Gasteiger partial charge in [0.2, 0.25) is 0 Å². The zero-order chi connectivity index (χ0) is 8.65. The maximum atomic E-state index is 2.10. The molecule has 0 amide bonds. The van der Waals surface area contributed by atoms with Crippen LogP contribution in [0.1, 0.15) is 4.88 Å². The van der Waals surface area contributed by atoms with Gasteiger partial charge in [0.1, 0.15) is 0 Å². The molecule has 0 N–H and O–H groups in total. The van der Waals surface area contributed by atoms with Gasteiger partial charge in [0.15, 0.2) is 0 Å². The van der Waals surface area contributed by atoms with Crippen LogP contribution < -0.4 is 0 Å². The Labute approximate surface area is 77.5 Å². The fourth-order valence-electron chi connectivity index (χ4n) is 0.746. The molecule has 62 valence electrons. The van der Waals surface area contributed by atoms with E-state index >= 15 is 0 Å². The average Bonchev–Trinajstić information content (AvgIpc) is 2.60. The van der Waals surface area contributed by atoms with Gasteiger partial charge in [-0.05, 0) is 18.4 Å². The molecule has 0 atom stereocenters. The van der Waals surface area contributed by atoms with E-state index in [0.717, 1.165) is 0 Å². The summed E-state index contributed by atoms with van der Waals surface area (Å²) < 4.78 is 0. The quantitative estimate of drug-likeness (QED) is 0.573. The van der Waals surface area contributed by atoms with Crippen LogP contribution in [-0.4, -0.2) is 0 Å². The molecule has 0 aliphatic heterocycles. The van der Waals surface area contributed by atoms with E-state index in [1.165, 1.54) is 4.88 Å².